The molecule has 0 spiro atoms. The number of anilines is 1. The van der Waals surface area contributed by atoms with Crippen LogP contribution in [0.25, 0.3) is 11.0 Å². The van der Waals surface area contributed by atoms with Crippen LogP contribution in [0.3, 0.4) is 0 Å². The number of imidazole rings is 1. The molecule has 144 valence electrons. The van der Waals surface area contributed by atoms with E-state index in [1.807, 2.05) is 44.2 Å². The average Bonchev–Trinajstić information content (AvgIpc) is 3.18. The van der Waals surface area contributed by atoms with Crippen molar-refractivity contribution < 1.29 is 14.3 Å². The molecular formula is C21H22N4O3. The highest BCUT2D eigenvalue weighted by atomic mass is 16.5. The molecule has 4 rings (SSSR count). The van der Waals surface area contributed by atoms with Crippen molar-refractivity contribution >= 4 is 28.3 Å². The van der Waals surface area contributed by atoms with E-state index >= 15 is 0 Å². The SMILES string of the molecule is COc1ccc(N2C(=N)C(c3nc4ccccc4[nH]3)C(=O)C2(C)C)c(OC)c1. The number of hydrogen-bond donors (Lipinski definition) is 2. The second-order valence-corrected chi connectivity index (χ2v) is 7.25. The first-order valence-electron chi connectivity index (χ1n) is 8.98. The summed E-state index contributed by atoms with van der Waals surface area (Å²) in [7, 11) is 3.14. The predicted molar refractivity (Wildman–Crippen MR) is 108 cm³/mol. The van der Waals surface area contributed by atoms with Gasteiger partial charge in [-0.15, -0.1) is 0 Å². The quantitative estimate of drug-likeness (QED) is 0.725. The molecule has 2 aromatic carbocycles. The lowest BCUT2D eigenvalue weighted by Crippen LogP contribution is -2.44. The number of rotatable bonds is 4. The highest BCUT2D eigenvalue weighted by molar-refractivity contribution is 6.26. The van der Waals surface area contributed by atoms with Gasteiger partial charge in [-0.1, -0.05) is 12.1 Å². The van der Waals surface area contributed by atoms with Crippen LogP contribution < -0.4 is 14.4 Å². The summed E-state index contributed by atoms with van der Waals surface area (Å²) in [6.07, 6.45) is 0. The molecule has 7 heteroatoms. The maximum Gasteiger partial charge on any atom is 0.176 e. The highest BCUT2D eigenvalue weighted by Gasteiger charge is 2.53. The molecule has 28 heavy (non-hydrogen) atoms. The largest absolute Gasteiger partial charge is 0.497 e. The number of nitrogens with zero attached hydrogens (tertiary/aromatic N) is 2. The molecule has 0 amide bonds. The predicted octanol–water partition coefficient (Wildman–Crippen LogP) is 3.51. The van der Waals surface area contributed by atoms with Gasteiger partial charge in [-0.3, -0.25) is 10.2 Å². The van der Waals surface area contributed by atoms with Crippen molar-refractivity contribution in [3.8, 4) is 11.5 Å². The molecule has 1 aliphatic heterocycles. The van der Waals surface area contributed by atoms with Crippen molar-refractivity contribution in [2.75, 3.05) is 19.1 Å². The van der Waals surface area contributed by atoms with Crippen LogP contribution in [-0.4, -0.2) is 41.3 Å². The number of amidine groups is 1. The fraction of sp³-hybridized carbons (Fsp3) is 0.286. The minimum atomic E-state index is -0.928. The van der Waals surface area contributed by atoms with Gasteiger partial charge in [0.05, 0.1) is 30.9 Å². The number of aromatic amines is 1. The number of benzene rings is 2. The van der Waals surface area contributed by atoms with Gasteiger partial charge >= 0.3 is 0 Å². The topological polar surface area (TPSA) is 91.3 Å². The first kappa shape index (κ1) is 18.0. The van der Waals surface area contributed by atoms with Gasteiger partial charge in [0.15, 0.2) is 5.78 Å². The van der Waals surface area contributed by atoms with Crippen LogP contribution in [0.4, 0.5) is 5.69 Å². The average molecular weight is 378 g/mol. The molecular weight excluding hydrogens is 356 g/mol. The van der Waals surface area contributed by atoms with E-state index in [0.29, 0.717) is 23.0 Å². The van der Waals surface area contributed by atoms with Crippen molar-refractivity contribution in [3.63, 3.8) is 0 Å². The maximum atomic E-state index is 13.3. The molecule has 1 fully saturated rings. The first-order chi connectivity index (χ1) is 13.4. The number of methoxy groups -OCH3 is 2. The summed E-state index contributed by atoms with van der Waals surface area (Å²) in [6.45, 7) is 3.63. The van der Waals surface area contributed by atoms with Gasteiger partial charge in [-0.2, -0.15) is 0 Å². The Hall–Kier alpha value is -3.35. The number of ether oxygens (including phenoxy) is 2. The Morgan fingerprint density at radius 2 is 1.89 bits per heavy atom. The maximum absolute atomic E-state index is 13.3. The zero-order chi connectivity index (χ0) is 20.1. The zero-order valence-electron chi connectivity index (χ0n) is 16.2. The Kier molecular flexibility index (Phi) is 4.10. The van der Waals surface area contributed by atoms with E-state index in [4.69, 9.17) is 14.9 Å². The summed E-state index contributed by atoms with van der Waals surface area (Å²) in [6, 6.07) is 12.9. The number of carbonyl (C=O) groups is 1. The summed E-state index contributed by atoms with van der Waals surface area (Å²) in [4.78, 5) is 22.8. The Morgan fingerprint density at radius 3 is 2.57 bits per heavy atom. The molecule has 2 N–H and O–H groups in total. The summed E-state index contributed by atoms with van der Waals surface area (Å²) in [5, 5.41) is 8.83. The molecule has 1 atom stereocenters. The normalized spacial score (nSPS) is 18.7. The molecule has 0 saturated carbocycles. The standard InChI is InChI=1S/C21H22N4O3/c1-21(2)18(26)17(20-23-13-7-5-6-8-14(13)24-20)19(22)25(21)15-10-9-12(27-3)11-16(15)28-4/h5-11,17,22H,1-4H3,(H,23,24). The molecule has 0 radical (unpaired) electrons. The van der Waals surface area contributed by atoms with Crippen molar-refractivity contribution in [3.05, 3.63) is 48.3 Å². The third-order valence-electron chi connectivity index (χ3n) is 5.25. The smallest absolute Gasteiger partial charge is 0.176 e. The summed E-state index contributed by atoms with van der Waals surface area (Å²) in [5.41, 5.74) is 1.33. The highest BCUT2D eigenvalue weighted by Crippen LogP contribution is 2.44. The number of hydrogen-bond acceptors (Lipinski definition) is 5. The number of Topliss-reactive ketones (excluding diaryl/α,β-unsaturated/α-hetero) is 1. The van der Waals surface area contributed by atoms with E-state index in [1.54, 1.807) is 31.3 Å². The number of fused-ring (bicyclic) bond motifs is 1. The lowest BCUT2D eigenvalue weighted by atomic mass is 9.93. The second kappa shape index (κ2) is 6.37. The Morgan fingerprint density at radius 1 is 1.14 bits per heavy atom. The number of nitrogens with one attached hydrogen (secondary N) is 2. The van der Waals surface area contributed by atoms with Crippen LogP contribution in [0, 0.1) is 5.41 Å². The number of para-hydroxylation sites is 2. The van der Waals surface area contributed by atoms with E-state index in [-0.39, 0.29) is 11.6 Å². The second-order valence-electron chi connectivity index (χ2n) is 7.25. The van der Waals surface area contributed by atoms with E-state index in [2.05, 4.69) is 9.97 Å². The number of carbonyl (C=O) groups excluding carboxylic acids is 1. The van der Waals surface area contributed by atoms with Gasteiger partial charge in [0, 0.05) is 6.07 Å². The van der Waals surface area contributed by atoms with Crippen LogP contribution in [0.2, 0.25) is 0 Å². The molecule has 3 aromatic rings. The van der Waals surface area contributed by atoms with Gasteiger partial charge in [-0.25, -0.2) is 4.98 Å². The monoisotopic (exact) mass is 378 g/mol. The number of H-pyrrole nitrogens is 1. The van der Waals surface area contributed by atoms with Crippen molar-refractivity contribution in [1.29, 1.82) is 5.41 Å². The van der Waals surface area contributed by atoms with Gasteiger partial charge in [0.25, 0.3) is 0 Å². The molecule has 1 saturated heterocycles. The molecule has 0 aliphatic carbocycles. The van der Waals surface area contributed by atoms with Crippen molar-refractivity contribution in [1.82, 2.24) is 9.97 Å². The van der Waals surface area contributed by atoms with Gasteiger partial charge < -0.3 is 19.4 Å². The van der Waals surface area contributed by atoms with Crippen LogP contribution >= 0.6 is 0 Å². The fourth-order valence-corrected chi connectivity index (χ4v) is 3.78. The molecule has 2 heterocycles. The zero-order valence-corrected chi connectivity index (χ0v) is 16.2. The molecule has 1 unspecified atom stereocenters. The Balaban J connectivity index is 1.82. The van der Waals surface area contributed by atoms with Crippen LogP contribution in [0.1, 0.15) is 25.6 Å². The molecule has 1 aliphatic rings. The van der Waals surface area contributed by atoms with Gasteiger partial charge in [-0.05, 0) is 38.1 Å². The Bertz CT molecular complexity index is 1050. The lowest BCUT2D eigenvalue weighted by molar-refractivity contribution is -0.121. The summed E-state index contributed by atoms with van der Waals surface area (Å²) < 4.78 is 10.8. The summed E-state index contributed by atoms with van der Waals surface area (Å²) in [5.74, 6) is 0.972. The lowest BCUT2D eigenvalue weighted by Gasteiger charge is -2.32. The third-order valence-corrected chi connectivity index (χ3v) is 5.25. The number of ketones is 1. The van der Waals surface area contributed by atoms with Gasteiger partial charge in [0.2, 0.25) is 0 Å². The fourth-order valence-electron chi connectivity index (χ4n) is 3.78. The minimum absolute atomic E-state index is 0.0885. The summed E-state index contributed by atoms with van der Waals surface area (Å²) >= 11 is 0. The molecule has 1 aromatic heterocycles. The van der Waals surface area contributed by atoms with E-state index < -0.39 is 11.5 Å². The van der Waals surface area contributed by atoms with E-state index in [9.17, 15) is 4.79 Å². The minimum Gasteiger partial charge on any atom is -0.497 e. The van der Waals surface area contributed by atoms with E-state index in [1.165, 1.54) is 0 Å². The van der Waals surface area contributed by atoms with Crippen molar-refractivity contribution in [2.45, 2.75) is 25.3 Å². The van der Waals surface area contributed by atoms with E-state index in [0.717, 1.165) is 11.0 Å². The first-order valence-corrected chi connectivity index (χ1v) is 8.98. The molecule has 0 bridgehead atoms. The van der Waals surface area contributed by atoms with Crippen LogP contribution in [0.5, 0.6) is 11.5 Å². The van der Waals surface area contributed by atoms with Crippen molar-refractivity contribution in [2.24, 2.45) is 0 Å². The number of aromatic nitrogens is 2. The van der Waals surface area contributed by atoms with Gasteiger partial charge in [0.1, 0.15) is 34.6 Å². The molecule has 7 nitrogen and oxygen atoms in total. The third kappa shape index (κ3) is 2.54. The van der Waals surface area contributed by atoms with Crippen LogP contribution in [-0.2, 0) is 4.79 Å². The van der Waals surface area contributed by atoms with Crippen LogP contribution in [0.15, 0.2) is 42.5 Å². The Labute approximate surface area is 162 Å².